The van der Waals surface area contributed by atoms with Gasteiger partial charge < -0.3 is 14.2 Å². The highest BCUT2D eigenvalue weighted by atomic mass is 16.6. The third kappa shape index (κ3) is 55.1. The van der Waals surface area contributed by atoms with E-state index in [4.69, 9.17) is 14.2 Å². The lowest BCUT2D eigenvalue weighted by atomic mass is 10.0. The summed E-state index contributed by atoms with van der Waals surface area (Å²) < 4.78 is 16.9. The van der Waals surface area contributed by atoms with Gasteiger partial charge in [0.1, 0.15) is 13.2 Å². The van der Waals surface area contributed by atoms with Gasteiger partial charge in [-0.05, 0) is 44.9 Å². The van der Waals surface area contributed by atoms with Crippen LogP contribution in [0.5, 0.6) is 0 Å². The number of rotatable bonds is 57. The van der Waals surface area contributed by atoms with Gasteiger partial charge in [0, 0.05) is 19.3 Å². The quantitative estimate of drug-likeness (QED) is 0.0262. The first kappa shape index (κ1) is 66.2. The van der Waals surface area contributed by atoms with Crippen LogP contribution in [0.2, 0.25) is 0 Å². The summed E-state index contributed by atoms with van der Waals surface area (Å²) in [5.41, 5.74) is 0. The fraction of sp³-hybridized carbons (Fsp3) is 0.919. The van der Waals surface area contributed by atoms with E-state index in [0.717, 1.165) is 64.2 Å². The monoisotopic (exact) mass is 959 g/mol. The van der Waals surface area contributed by atoms with Gasteiger partial charge in [-0.25, -0.2) is 0 Å². The first-order valence-corrected chi connectivity index (χ1v) is 30.7. The molecule has 6 nitrogen and oxygen atoms in total. The Balaban J connectivity index is 4.32. The fourth-order valence-corrected chi connectivity index (χ4v) is 9.38. The molecule has 0 saturated heterocycles. The number of ether oxygens (including phenoxy) is 3. The summed E-state index contributed by atoms with van der Waals surface area (Å²) in [6, 6.07) is 0. The number of carbonyl (C=O) groups is 3. The maximum Gasteiger partial charge on any atom is 0.306 e. The summed E-state index contributed by atoms with van der Waals surface area (Å²) in [6.45, 7) is 6.70. The van der Waals surface area contributed by atoms with Crippen molar-refractivity contribution in [3.63, 3.8) is 0 Å². The van der Waals surface area contributed by atoms with Crippen LogP contribution in [0.15, 0.2) is 12.2 Å². The number of carbonyl (C=O) groups excluding carboxylic acids is 3. The molecule has 6 heteroatoms. The lowest BCUT2D eigenvalue weighted by Crippen LogP contribution is -2.30. The largest absolute Gasteiger partial charge is 0.462 e. The highest BCUT2D eigenvalue weighted by Gasteiger charge is 2.19. The zero-order chi connectivity index (χ0) is 49.3. The summed E-state index contributed by atoms with van der Waals surface area (Å²) in [5, 5.41) is 0. The zero-order valence-corrected chi connectivity index (χ0v) is 46.2. The molecule has 0 aromatic carbocycles. The van der Waals surface area contributed by atoms with E-state index in [2.05, 4.69) is 32.9 Å². The first-order chi connectivity index (χ1) is 33.5. The standard InChI is InChI=1S/C62H118O6/c1-4-7-10-13-16-19-22-25-28-31-34-37-40-43-46-49-52-55-61(64)67-58-59(57-66-60(63)54-51-48-45-42-39-36-33-30-27-24-21-18-15-12-9-6-3)68-62(65)56-53-50-47-44-41-38-35-32-29-26-23-20-17-14-11-8-5-2/h30,33,59H,4-29,31-32,34-58H2,1-3H3/b33-30-. The molecule has 0 aliphatic heterocycles. The van der Waals surface area contributed by atoms with Crippen LogP contribution in [0.3, 0.4) is 0 Å². The van der Waals surface area contributed by atoms with Crippen molar-refractivity contribution in [3.05, 3.63) is 12.2 Å². The van der Waals surface area contributed by atoms with Gasteiger partial charge >= 0.3 is 17.9 Å². The molecule has 0 aliphatic carbocycles. The zero-order valence-electron chi connectivity index (χ0n) is 46.2. The first-order valence-electron chi connectivity index (χ1n) is 30.7. The second-order valence-corrected chi connectivity index (χ2v) is 21.0. The van der Waals surface area contributed by atoms with Crippen LogP contribution in [0.1, 0.15) is 348 Å². The molecule has 68 heavy (non-hydrogen) atoms. The number of hydrogen-bond acceptors (Lipinski definition) is 6. The molecular formula is C62H118O6. The van der Waals surface area contributed by atoms with Gasteiger partial charge in [-0.15, -0.1) is 0 Å². The molecule has 0 aromatic heterocycles. The molecule has 0 aliphatic rings. The van der Waals surface area contributed by atoms with E-state index in [1.165, 1.54) is 244 Å². The summed E-state index contributed by atoms with van der Waals surface area (Å²) >= 11 is 0. The third-order valence-electron chi connectivity index (χ3n) is 14.0. The van der Waals surface area contributed by atoms with Gasteiger partial charge in [0.15, 0.2) is 6.10 Å². The molecule has 402 valence electrons. The topological polar surface area (TPSA) is 78.9 Å². The summed E-state index contributed by atoms with van der Waals surface area (Å²) in [7, 11) is 0. The normalized spacial score (nSPS) is 12.0. The predicted octanol–water partition coefficient (Wildman–Crippen LogP) is 20.5. The molecule has 0 N–H and O–H groups in total. The van der Waals surface area contributed by atoms with Crippen LogP contribution in [0.4, 0.5) is 0 Å². The van der Waals surface area contributed by atoms with Gasteiger partial charge in [-0.3, -0.25) is 14.4 Å². The summed E-state index contributed by atoms with van der Waals surface area (Å²) in [6.07, 6.45) is 66.3. The molecule has 0 amide bonds. The van der Waals surface area contributed by atoms with Crippen molar-refractivity contribution < 1.29 is 28.6 Å². The minimum atomic E-state index is -0.768. The van der Waals surface area contributed by atoms with Crippen LogP contribution < -0.4 is 0 Å². The predicted molar refractivity (Wildman–Crippen MR) is 293 cm³/mol. The van der Waals surface area contributed by atoms with Gasteiger partial charge in [0.2, 0.25) is 0 Å². The molecule has 1 atom stereocenters. The van der Waals surface area contributed by atoms with Gasteiger partial charge in [0.05, 0.1) is 0 Å². The lowest BCUT2D eigenvalue weighted by molar-refractivity contribution is -0.167. The molecule has 0 bridgehead atoms. The van der Waals surface area contributed by atoms with Gasteiger partial charge in [0.25, 0.3) is 0 Å². The Bertz CT molecular complexity index is 1060. The average Bonchev–Trinajstić information content (AvgIpc) is 3.34. The summed E-state index contributed by atoms with van der Waals surface area (Å²) in [5.74, 6) is -0.846. The molecule has 0 aromatic rings. The fourth-order valence-electron chi connectivity index (χ4n) is 9.38. The van der Waals surface area contributed by atoms with Gasteiger partial charge in [-0.1, -0.05) is 296 Å². The maximum atomic E-state index is 12.9. The average molecular weight is 960 g/mol. The second-order valence-electron chi connectivity index (χ2n) is 21.0. The van der Waals surface area contributed by atoms with E-state index in [0.29, 0.717) is 19.3 Å². The molecule has 1 unspecified atom stereocenters. The van der Waals surface area contributed by atoms with Crippen molar-refractivity contribution in [3.8, 4) is 0 Å². The third-order valence-corrected chi connectivity index (χ3v) is 14.0. The minimum absolute atomic E-state index is 0.0661. The minimum Gasteiger partial charge on any atom is -0.462 e. The number of esters is 3. The highest BCUT2D eigenvalue weighted by molar-refractivity contribution is 5.71. The van der Waals surface area contributed by atoms with Crippen molar-refractivity contribution in [2.45, 2.75) is 354 Å². The number of allylic oxidation sites excluding steroid dienone is 2. The molecular weight excluding hydrogens is 841 g/mol. The molecule has 0 rings (SSSR count). The van der Waals surface area contributed by atoms with Crippen LogP contribution in [-0.4, -0.2) is 37.2 Å². The second kappa shape index (κ2) is 57.7. The van der Waals surface area contributed by atoms with E-state index in [-0.39, 0.29) is 31.1 Å². The van der Waals surface area contributed by atoms with Crippen LogP contribution in [0.25, 0.3) is 0 Å². The van der Waals surface area contributed by atoms with Crippen molar-refractivity contribution in [2.75, 3.05) is 13.2 Å². The Labute approximate surface area is 424 Å². The lowest BCUT2D eigenvalue weighted by Gasteiger charge is -2.18. The smallest absolute Gasteiger partial charge is 0.306 e. The maximum absolute atomic E-state index is 12.9. The van der Waals surface area contributed by atoms with E-state index >= 15 is 0 Å². The molecule has 0 spiro atoms. The van der Waals surface area contributed by atoms with E-state index < -0.39 is 6.10 Å². The Hall–Kier alpha value is -1.85. The van der Waals surface area contributed by atoms with Crippen molar-refractivity contribution in [1.29, 1.82) is 0 Å². The summed E-state index contributed by atoms with van der Waals surface area (Å²) in [4.78, 5) is 38.2. The molecule has 0 heterocycles. The van der Waals surface area contributed by atoms with Crippen molar-refractivity contribution in [2.24, 2.45) is 0 Å². The highest BCUT2D eigenvalue weighted by Crippen LogP contribution is 2.18. The van der Waals surface area contributed by atoms with E-state index in [1.54, 1.807) is 0 Å². The Morgan fingerprint density at radius 1 is 0.279 bits per heavy atom. The van der Waals surface area contributed by atoms with Crippen molar-refractivity contribution in [1.82, 2.24) is 0 Å². The van der Waals surface area contributed by atoms with Crippen molar-refractivity contribution >= 4 is 17.9 Å². The van der Waals surface area contributed by atoms with Gasteiger partial charge in [-0.2, -0.15) is 0 Å². The van der Waals surface area contributed by atoms with Crippen LogP contribution in [-0.2, 0) is 28.6 Å². The van der Waals surface area contributed by atoms with E-state index in [9.17, 15) is 14.4 Å². The number of hydrogen-bond donors (Lipinski definition) is 0. The Kier molecular flexibility index (Phi) is 56.2. The Morgan fingerprint density at radius 2 is 0.485 bits per heavy atom. The van der Waals surface area contributed by atoms with E-state index in [1.807, 2.05) is 0 Å². The molecule has 0 radical (unpaired) electrons. The van der Waals surface area contributed by atoms with Crippen LogP contribution in [0, 0.1) is 0 Å². The number of unbranched alkanes of at least 4 members (excludes halogenated alkanes) is 44. The molecule has 0 fully saturated rings. The molecule has 0 saturated carbocycles. The SMILES string of the molecule is CCCCCCCCC/C=C\CCCCCCCC(=O)OCC(COC(=O)CCCCCCCCCCCCCCCCCCC)OC(=O)CCCCCCCCCCCCCCCCCCC. The van der Waals surface area contributed by atoms with Crippen LogP contribution >= 0.6 is 0 Å². The Morgan fingerprint density at radius 3 is 0.735 bits per heavy atom.